The molecule has 0 spiro atoms. The van der Waals surface area contributed by atoms with Crippen LogP contribution in [0.1, 0.15) is 20.8 Å². The lowest BCUT2D eigenvalue weighted by molar-refractivity contribution is -0.122. The molecule has 1 amide bonds. The zero-order chi connectivity index (χ0) is 13.5. The van der Waals surface area contributed by atoms with E-state index in [0.717, 1.165) is 0 Å². The van der Waals surface area contributed by atoms with Gasteiger partial charge in [-0.2, -0.15) is 13.2 Å². The first kappa shape index (κ1) is 16.6. The Morgan fingerprint density at radius 2 is 1.88 bits per heavy atom. The smallest absolute Gasteiger partial charge is 0.354 e. The van der Waals surface area contributed by atoms with Gasteiger partial charge in [0.25, 0.3) is 0 Å². The number of alkyl halides is 3. The SMILES string of the molecule is CC(C)CNC(=O)C(C)NCCSC(F)(F)F. The summed E-state index contributed by atoms with van der Waals surface area (Å²) in [6.45, 7) is 6.30. The second-order valence-electron chi connectivity index (χ2n) is 4.11. The highest BCUT2D eigenvalue weighted by molar-refractivity contribution is 8.00. The lowest BCUT2D eigenvalue weighted by Gasteiger charge is -2.15. The van der Waals surface area contributed by atoms with Crippen LogP contribution in [-0.2, 0) is 4.79 Å². The quantitative estimate of drug-likeness (QED) is 0.696. The standard InChI is InChI=1S/C10H19F3N2OS/c1-7(2)6-15-9(16)8(3)14-4-5-17-10(11,12)13/h7-8,14H,4-6H2,1-3H3,(H,15,16). The first-order valence-corrected chi connectivity index (χ1v) is 6.42. The Morgan fingerprint density at radius 3 is 2.35 bits per heavy atom. The maximum Gasteiger partial charge on any atom is 0.441 e. The van der Waals surface area contributed by atoms with Crippen molar-refractivity contribution in [3.05, 3.63) is 0 Å². The molecular weight excluding hydrogens is 253 g/mol. The van der Waals surface area contributed by atoms with Crippen molar-refractivity contribution >= 4 is 17.7 Å². The molecule has 17 heavy (non-hydrogen) atoms. The summed E-state index contributed by atoms with van der Waals surface area (Å²) in [4.78, 5) is 11.4. The summed E-state index contributed by atoms with van der Waals surface area (Å²) < 4.78 is 35.4. The van der Waals surface area contributed by atoms with E-state index in [9.17, 15) is 18.0 Å². The first-order chi connectivity index (χ1) is 7.72. The van der Waals surface area contributed by atoms with Gasteiger partial charge in [-0.05, 0) is 24.6 Å². The predicted octanol–water partition coefficient (Wildman–Crippen LogP) is 1.99. The van der Waals surface area contributed by atoms with E-state index in [-0.39, 0.29) is 30.0 Å². The van der Waals surface area contributed by atoms with Crippen LogP contribution in [0.3, 0.4) is 0 Å². The molecule has 0 heterocycles. The Balaban J connectivity index is 3.64. The van der Waals surface area contributed by atoms with E-state index in [4.69, 9.17) is 0 Å². The normalized spacial score (nSPS) is 13.8. The molecule has 3 nitrogen and oxygen atoms in total. The molecule has 1 atom stereocenters. The Morgan fingerprint density at radius 1 is 1.29 bits per heavy atom. The summed E-state index contributed by atoms with van der Waals surface area (Å²) >= 11 is -0.0887. The molecule has 0 saturated heterocycles. The lowest BCUT2D eigenvalue weighted by atomic mass is 10.2. The van der Waals surface area contributed by atoms with Crippen LogP contribution in [0.15, 0.2) is 0 Å². The van der Waals surface area contributed by atoms with Crippen molar-refractivity contribution in [3.63, 3.8) is 0 Å². The molecule has 0 aromatic carbocycles. The number of nitrogens with one attached hydrogen (secondary N) is 2. The molecule has 0 aliphatic carbocycles. The van der Waals surface area contributed by atoms with Crippen LogP contribution in [0.5, 0.6) is 0 Å². The predicted molar refractivity (Wildman–Crippen MR) is 63.8 cm³/mol. The Bertz CT molecular complexity index is 234. The third-order valence-electron chi connectivity index (χ3n) is 1.90. The molecule has 0 fully saturated rings. The van der Waals surface area contributed by atoms with Crippen LogP contribution in [-0.4, -0.2) is 36.3 Å². The first-order valence-electron chi connectivity index (χ1n) is 5.44. The third kappa shape index (κ3) is 10.4. The molecule has 0 aliphatic rings. The summed E-state index contributed by atoms with van der Waals surface area (Å²) in [5.74, 6) is 0.0772. The van der Waals surface area contributed by atoms with Gasteiger partial charge in [-0.25, -0.2) is 0 Å². The van der Waals surface area contributed by atoms with Gasteiger partial charge < -0.3 is 10.6 Å². The minimum atomic E-state index is -4.20. The molecule has 102 valence electrons. The average Bonchev–Trinajstić information content (AvgIpc) is 2.19. The average molecular weight is 272 g/mol. The van der Waals surface area contributed by atoms with E-state index in [1.807, 2.05) is 13.8 Å². The van der Waals surface area contributed by atoms with Crippen molar-refractivity contribution in [2.24, 2.45) is 5.92 Å². The topological polar surface area (TPSA) is 41.1 Å². The molecule has 0 aromatic rings. The number of hydrogen-bond acceptors (Lipinski definition) is 3. The van der Waals surface area contributed by atoms with Gasteiger partial charge in [0.05, 0.1) is 6.04 Å². The maximum atomic E-state index is 11.8. The Kier molecular flexibility index (Phi) is 7.61. The van der Waals surface area contributed by atoms with Gasteiger partial charge in [-0.15, -0.1) is 0 Å². The lowest BCUT2D eigenvalue weighted by Crippen LogP contribution is -2.44. The van der Waals surface area contributed by atoms with Crippen LogP contribution in [0.2, 0.25) is 0 Å². The van der Waals surface area contributed by atoms with Gasteiger partial charge in [0, 0.05) is 18.8 Å². The van der Waals surface area contributed by atoms with Gasteiger partial charge >= 0.3 is 5.51 Å². The molecular formula is C10H19F3N2OS. The van der Waals surface area contributed by atoms with Gasteiger partial charge in [0.1, 0.15) is 0 Å². The fourth-order valence-corrected chi connectivity index (χ4v) is 1.44. The highest BCUT2D eigenvalue weighted by Crippen LogP contribution is 2.29. The van der Waals surface area contributed by atoms with Crippen molar-refractivity contribution < 1.29 is 18.0 Å². The highest BCUT2D eigenvalue weighted by atomic mass is 32.2. The molecule has 0 rings (SSSR count). The van der Waals surface area contributed by atoms with E-state index in [1.54, 1.807) is 6.92 Å². The monoisotopic (exact) mass is 272 g/mol. The molecule has 0 aliphatic heterocycles. The minimum Gasteiger partial charge on any atom is -0.354 e. The zero-order valence-electron chi connectivity index (χ0n) is 10.2. The van der Waals surface area contributed by atoms with Crippen molar-refractivity contribution in [2.45, 2.75) is 32.3 Å². The van der Waals surface area contributed by atoms with Crippen LogP contribution in [0.25, 0.3) is 0 Å². The molecule has 0 bridgehead atoms. The van der Waals surface area contributed by atoms with E-state index < -0.39 is 11.6 Å². The second-order valence-corrected chi connectivity index (χ2v) is 5.27. The number of thioether (sulfide) groups is 1. The number of amides is 1. The molecule has 1 unspecified atom stereocenters. The number of hydrogen-bond donors (Lipinski definition) is 2. The van der Waals surface area contributed by atoms with Crippen LogP contribution < -0.4 is 10.6 Å². The zero-order valence-corrected chi connectivity index (χ0v) is 11.0. The van der Waals surface area contributed by atoms with Crippen LogP contribution in [0, 0.1) is 5.92 Å². The summed E-state index contributed by atoms with van der Waals surface area (Å²) in [5, 5.41) is 5.45. The van der Waals surface area contributed by atoms with Gasteiger partial charge in [0.15, 0.2) is 0 Å². The van der Waals surface area contributed by atoms with E-state index in [0.29, 0.717) is 12.5 Å². The van der Waals surface area contributed by atoms with Gasteiger partial charge in [-0.3, -0.25) is 4.79 Å². The second kappa shape index (κ2) is 7.81. The molecule has 0 saturated carbocycles. The van der Waals surface area contributed by atoms with Crippen molar-refractivity contribution in [2.75, 3.05) is 18.8 Å². The number of rotatable bonds is 7. The van der Waals surface area contributed by atoms with Crippen LogP contribution in [0.4, 0.5) is 13.2 Å². The van der Waals surface area contributed by atoms with Crippen LogP contribution >= 0.6 is 11.8 Å². The van der Waals surface area contributed by atoms with Crippen molar-refractivity contribution in [3.8, 4) is 0 Å². The fourth-order valence-electron chi connectivity index (χ4n) is 0.993. The Hall–Kier alpha value is -0.430. The highest BCUT2D eigenvalue weighted by Gasteiger charge is 2.27. The Labute approximate surface area is 104 Å². The van der Waals surface area contributed by atoms with Gasteiger partial charge in [0.2, 0.25) is 5.91 Å². The molecule has 7 heteroatoms. The summed E-state index contributed by atoms with van der Waals surface area (Å²) in [6.07, 6.45) is 0. The summed E-state index contributed by atoms with van der Waals surface area (Å²) in [7, 11) is 0. The molecule has 0 aromatic heterocycles. The van der Waals surface area contributed by atoms with E-state index >= 15 is 0 Å². The van der Waals surface area contributed by atoms with E-state index in [1.165, 1.54) is 0 Å². The largest absolute Gasteiger partial charge is 0.441 e. The molecule has 0 radical (unpaired) electrons. The fraction of sp³-hybridized carbons (Fsp3) is 0.900. The van der Waals surface area contributed by atoms with E-state index in [2.05, 4.69) is 10.6 Å². The minimum absolute atomic E-state index is 0.0887. The van der Waals surface area contributed by atoms with Crippen molar-refractivity contribution in [1.82, 2.24) is 10.6 Å². The number of carbonyl (C=O) groups is 1. The van der Waals surface area contributed by atoms with Crippen molar-refractivity contribution in [1.29, 1.82) is 0 Å². The van der Waals surface area contributed by atoms with Gasteiger partial charge in [-0.1, -0.05) is 13.8 Å². The maximum absolute atomic E-state index is 11.8. The summed E-state index contributed by atoms with van der Waals surface area (Å²) in [5.41, 5.74) is -4.20. The number of halogens is 3. The molecule has 2 N–H and O–H groups in total. The summed E-state index contributed by atoms with van der Waals surface area (Å²) in [6, 6.07) is -0.470. The third-order valence-corrected chi connectivity index (χ3v) is 2.63. The number of carbonyl (C=O) groups excluding carboxylic acids is 1.